The maximum atomic E-state index is 11.7. The summed E-state index contributed by atoms with van der Waals surface area (Å²) in [5.41, 5.74) is 0. The predicted molar refractivity (Wildman–Crippen MR) is 86.5 cm³/mol. The number of hydrogen-bond donors (Lipinski definition) is 1. The summed E-state index contributed by atoms with van der Waals surface area (Å²) < 4.78 is 10.5. The van der Waals surface area contributed by atoms with Gasteiger partial charge in [-0.2, -0.15) is 4.98 Å². The summed E-state index contributed by atoms with van der Waals surface area (Å²) in [5, 5.41) is 7.15. The van der Waals surface area contributed by atoms with Crippen LogP contribution in [0.2, 0.25) is 5.02 Å². The molecular formula is C16H20ClN3O3. The smallest absolute Gasteiger partial charge is 0.226 e. The number of carbonyl (C=O) groups excluding carboxylic acids is 1. The molecule has 0 aliphatic rings. The van der Waals surface area contributed by atoms with Gasteiger partial charge in [-0.1, -0.05) is 28.9 Å². The number of hydrogen-bond acceptors (Lipinski definition) is 5. The highest BCUT2D eigenvalue weighted by Gasteiger charge is 2.05. The molecule has 0 saturated carbocycles. The Hall–Kier alpha value is -2.08. The number of aryl methyl sites for hydroxylation is 2. The molecule has 124 valence electrons. The maximum Gasteiger partial charge on any atom is 0.226 e. The average molecular weight is 338 g/mol. The first kappa shape index (κ1) is 17.3. The van der Waals surface area contributed by atoms with Gasteiger partial charge in [0.15, 0.2) is 5.82 Å². The molecule has 0 radical (unpaired) electrons. The van der Waals surface area contributed by atoms with Crippen molar-refractivity contribution >= 4 is 17.5 Å². The van der Waals surface area contributed by atoms with Gasteiger partial charge in [-0.15, -0.1) is 0 Å². The van der Waals surface area contributed by atoms with Crippen LogP contribution in [0.1, 0.15) is 31.0 Å². The minimum absolute atomic E-state index is 0.00877. The summed E-state index contributed by atoms with van der Waals surface area (Å²) in [5.74, 6) is 1.88. The van der Waals surface area contributed by atoms with Crippen molar-refractivity contribution in [3.63, 3.8) is 0 Å². The van der Waals surface area contributed by atoms with E-state index in [-0.39, 0.29) is 5.91 Å². The second-order valence-corrected chi connectivity index (χ2v) is 5.48. The predicted octanol–water partition coefficient (Wildman–Crippen LogP) is 2.94. The average Bonchev–Trinajstić information content (AvgIpc) is 2.95. The number of rotatable bonds is 9. The zero-order valence-corrected chi connectivity index (χ0v) is 13.8. The van der Waals surface area contributed by atoms with Crippen LogP contribution in [0.4, 0.5) is 0 Å². The molecule has 0 saturated heterocycles. The van der Waals surface area contributed by atoms with Crippen molar-refractivity contribution in [2.45, 2.75) is 32.6 Å². The normalized spacial score (nSPS) is 10.5. The molecular weight excluding hydrogens is 318 g/mol. The van der Waals surface area contributed by atoms with Crippen molar-refractivity contribution in [2.24, 2.45) is 0 Å². The highest BCUT2D eigenvalue weighted by Crippen LogP contribution is 2.23. The van der Waals surface area contributed by atoms with E-state index in [1.165, 1.54) is 0 Å². The lowest BCUT2D eigenvalue weighted by Crippen LogP contribution is -2.24. The fraction of sp³-hybridized carbons (Fsp3) is 0.438. The van der Waals surface area contributed by atoms with Gasteiger partial charge in [0.1, 0.15) is 5.75 Å². The summed E-state index contributed by atoms with van der Waals surface area (Å²) in [4.78, 5) is 15.8. The fourth-order valence-corrected chi connectivity index (χ4v) is 2.16. The van der Waals surface area contributed by atoms with Crippen LogP contribution in [0.3, 0.4) is 0 Å². The van der Waals surface area contributed by atoms with Crippen LogP contribution in [0, 0.1) is 6.92 Å². The fourth-order valence-electron chi connectivity index (χ4n) is 1.97. The lowest BCUT2D eigenvalue weighted by molar-refractivity contribution is -0.121. The molecule has 0 spiro atoms. The van der Waals surface area contributed by atoms with Gasteiger partial charge in [0.25, 0.3) is 0 Å². The third-order valence-corrected chi connectivity index (χ3v) is 3.41. The van der Waals surface area contributed by atoms with E-state index < -0.39 is 0 Å². The van der Waals surface area contributed by atoms with E-state index in [2.05, 4.69) is 15.5 Å². The van der Waals surface area contributed by atoms with Crippen molar-refractivity contribution in [3.05, 3.63) is 41.0 Å². The molecule has 0 aliphatic carbocycles. The van der Waals surface area contributed by atoms with E-state index in [1.807, 2.05) is 18.2 Å². The second kappa shape index (κ2) is 9.15. The molecule has 1 amide bonds. The summed E-state index contributed by atoms with van der Waals surface area (Å²) in [6.07, 6.45) is 2.49. The molecule has 0 fully saturated rings. The molecule has 0 bridgehead atoms. The third kappa shape index (κ3) is 6.28. The number of benzene rings is 1. The van der Waals surface area contributed by atoms with Crippen LogP contribution >= 0.6 is 11.6 Å². The van der Waals surface area contributed by atoms with Crippen LogP contribution < -0.4 is 10.1 Å². The van der Waals surface area contributed by atoms with E-state index in [1.54, 1.807) is 13.0 Å². The first-order valence-corrected chi connectivity index (χ1v) is 7.96. The monoisotopic (exact) mass is 337 g/mol. The number of para-hydroxylation sites is 1. The van der Waals surface area contributed by atoms with E-state index >= 15 is 0 Å². The Morgan fingerprint density at radius 2 is 2.17 bits per heavy atom. The van der Waals surface area contributed by atoms with Crippen molar-refractivity contribution in [1.29, 1.82) is 0 Å². The molecule has 23 heavy (non-hydrogen) atoms. The van der Waals surface area contributed by atoms with Gasteiger partial charge in [0.05, 0.1) is 11.6 Å². The summed E-state index contributed by atoms with van der Waals surface area (Å²) in [7, 11) is 0. The van der Waals surface area contributed by atoms with E-state index in [4.69, 9.17) is 20.9 Å². The first-order valence-electron chi connectivity index (χ1n) is 7.58. The summed E-state index contributed by atoms with van der Waals surface area (Å²) >= 11 is 5.98. The molecule has 0 unspecified atom stereocenters. The maximum absolute atomic E-state index is 11.7. The topological polar surface area (TPSA) is 77.2 Å². The minimum atomic E-state index is 0.00877. The van der Waals surface area contributed by atoms with Crippen LogP contribution in [-0.2, 0) is 11.2 Å². The van der Waals surface area contributed by atoms with Crippen LogP contribution in [0.5, 0.6) is 5.75 Å². The number of nitrogens with one attached hydrogen (secondary N) is 1. The third-order valence-electron chi connectivity index (χ3n) is 3.10. The van der Waals surface area contributed by atoms with Crippen LogP contribution in [0.15, 0.2) is 28.8 Å². The van der Waals surface area contributed by atoms with Gasteiger partial charge in [-0.25, -0.2) is 0 Å². The van der Waals surface area contributed by atoms with Crippen molar-refractivity contribution in [3.8, 4) is 5.75 Å². The lowest BCUT2D eigenvalue weighted by atomic mass is 10.2. The standard InChI is InChI=1S/C16H20ClN3O3/c1-12-19-16(23-20-12)9-4-10-18-15(21)8-5-11-22-14-7-3-2-6-13(14)17/h2-3,6-7H,4-5,8-11H2,1H3,(H,18,21). The second-order valence-electron chi connectivity index (χ2n) is 5.07. The first-order chi connectivity index (χ1) is 11.1. The Kier molecular flexibility index (Phi) is 6.87. The number of aromatic nitrogens is 2. The van der Waals surface area contributed by atoms with E-state index in [0.29, 0.717) is 54.9 Å². The van der Waals surface area contributed by atoms with Crippen molar-refractivity contribution in [1.82, 2.24) is 15.5 Å². The molecule has 0 atom stereocenters. The molecule has 1 heterocycles. The Balaban J connectivity index is 1.52. The zero-order chi connectivity index (χ0) is 16.5. The quantitative estimate of drug-likeness (QED) is 0.712. The molecule has 2 aromatic rings. The lowest BCUT2D eigenvalue weighted by Gasteiger charge is -2.08. The van der Waals surface area contributed by atoms with Gasteiger partial charge in [0.2, 0.25) is 11.8 Å². The summed E-state index contributed by atoms with van der Waals surface area (Å²) in [6, 6.07) is 7.28. The Morgan fingerprint density at radius 3 is 2.91 bits per heavy atom. The molecule has 7 heteroatoms. The highest BCUT2D eigenvalue weighted by atomic mass is 35.5. The molecule has 2 rings (SSSR count). The van der Waals surface area contributed by atoms with Crippen LogP contribution in [0.25, 0.3) is 0 Å². The Morgan fingerprint density at radius 1 is 1.35 bits per heavy atom. The Bertz CT molecular complexity index is 631. The van der Waals surface area contributed by atoms with Crippen molar-refractivity contribution in [2.75, 3.05) is 13.2 Å². The van der Waals surface area contributed by atoms with E-state index in [0.717, 1.165) is 6.42 Å². The zero-order valence-electron chi connectivity index (χ0n) is 13.0. The summed E-state index contributed by atoms with van der Waals surface area (Å²) in [6.45, 7) is 2.82. The number of carbonyl (C=O) groups is 1. The molecule has 1 N–H and O–H groups in total. The highest BCUT2D eigenvalue weighted by molar-refractivity contribution is 6.32. The molecule has 0 aliphatic heterocycles. The Labute approximate surface area is 140 Å². The molecule has 1 aromatic carbocycles. The minimum Gasteiger partial charge on any atom is -0.492 e. The van der Waals surface area contributed by atoms with Gasteiger partial charge < -0.3 is 14.6 Å². The SMILES string of the molecule is Cc1noc(CCCNC(=O)CCCOc2ccccc2Cl)n1. The molecule has 1 aromatic heterocycles. The van der Waals surface area contributed by atoms with E-state index in [9.17, 15) is 4.79 Å². The number of nitrogens with zero attached hydrogens (tertiary/aromatic N) is 2. The van der Waals surface area contributed by atoms with Gasteiger partial charge in [-0.05, 0) is 31.9 Å². The van der Waals surface area contributed by atoms with Gasteiger partial charge >= 0.3 is 0 Å². The number of amides is 1. The number of ether oxygens (including phenoxy) is 1. The van der Waals surface area contributed by atoms with Crippen molar-refractivity contribution < 1.29 is 14.1 Å². The largest absolute Gasteiger partial charge is 0.492 e. The molecule has 6 nitrogen and oxygen atoms in total. The number of halogens is 1. The van der Waals surface area contributed by atoms with Crippen LogP contribution in [-0.4, -0.2) is 29.2 Å². The van der Waals surface area contributed by atoms with Gasteiger partial charge in [0, 0.05) is 19.4 Å². The van der Waals surface area contributed by atoms with Gasteiger partial charge in [-0.3, -0.25) is 4.79 Å².